The topological polar surface area (TPSA) is 59.7 Å². The molecule has 1 heterocycles. The van der Waals surface area contributed by atoms with Crippen LogP contribution in [0.5, 0.6) is 0 Å². The molecule has 0 spiro atoms. The van der Waals surface area contributed by atoms with Crippen LogP contribution in [0.1, 0.15) is 31.0 Å². The van der Waals surface area contributed by atoms with Crippen LogP contribution in [0.25, 0.3) is 0 Å². The monoisotopic (exact) mass is 230 g/mol. The molecule has 5 nitrogen and oxygen atoms in total. The van der Waals surface area contributed by atoms with Crippen molar-refractivity contribution in [3.8, 4) is 6.07 Å². The maximum absolute atomic E-state index is 10.9. The summed E-state index contributed by atoms with van der Waals surface area (Å²) in [6.45, 7) is 4.00. The quantitative estimate of drug-likeness (QED) is 0.695. The van der Waals surface area contributed by atoms with Crippen molar-refractivity contribution in [3.63, 3.8) is 0 Å². The molecule has 1 unspecified atom stereocenters. The van der Waals surface area contributed by atoms with Crippen LogP contribution >= 0.6 is 0 Å². The Morgan fingerprint density at radius 1 is 1.41 bits per heavy atom. The highest BCUT2D eigenvalue weighted by Gasteiger charge is 2.42. The molecule has 88 valence electrons. The molecule has 0 fully saturated rings. The summed E-state index contributed by atoms with van der Waals surface area (Å²) >= 11 is 0. The zero-order valence-corrected chi connectivity index (χ0v) is 10.1. The number of hydrogen-bond acceptors (Lipinski definition) is 4. The Morgan fingerprint density at radius 2 is 2.06 bits per heavy atom. The van der Waals surface area contributed by atoms with Crippen LogP contribution < -0.4 is 0 Å². The molecule has 0 bridgehead atoms. The van der Waals surface area contributed by atoms with Gasteiger partial charge in [0, 0.05) is 7.05 Å². The molecule has 1 atom stereocenters. The third-order valence-corrected chi connectivity index (χ3v) is 3.47. The number of rotatable bonds is 1. The maximum atomic E-state index is 10.9. The molecular weight excluding hydrogens is 216 g/mol. The van der Waals surface area contributed by atoms with Crippen molar-refractivity contribution >= 4 is 0 Å². The molecule has 1 aromatic rings. The fourth-order valence-electron chi connectivity index (χ4n) is 2.24. The van der Waals surface area contributed by atoms with Gasteiger partial charge in [0.2, 0.25) is 0 Å². The van der Waals surface area contributed by atoms with Gasteiger partial charge in [-0.2, -0.15) is 15.4 Å². The predicted molar refractivity (Wildman–Crippen MR) is 63.2 cm³/mol. The minimum atomic E-state index is -0.651. The first-order valence-electron chi connectivity index (χ1n) is 5.39. The first-order chi connectivity index (χ1) is 8.04. The SMILES string of the molecule is CN1N(N=O)C(C#N)c2ccccc2C1(C)C. The molecule has 0 aliphatic carbocycles. The van der Waals surface area contributed by atoms with E-state index in [0.717, 1.165) is 11.1 Å². The molecule has 17 heavy (non-hydrogen) atoms. The first-order valence-corrected chi connectivity index (χ1v) is 5.39. The Kier molecular flexibility index (Phi) is 2.60. The van der Waals surface area contributed by atoms with E-state index >= 15 is 0 Å². The van der Waals surface area contributed by atoms with E-state index in [0.29, 0.717) is 0 Å². The van der Waals surface area contributed by atoms with Crippen LogP contribution in [0.15, 0.2) is 29.6 Å². The molecule has 2 rings (SSSR count). The van der Waals surface area contributed by atoms with E-state index in [1.54, 1.807) is 12.1 Å². The largest absolute Gasteiger partial charge is 0.195 e. The van der Waals surface area contributed by atoms with Crippen molar-refractivity contribution in [2.24, 2.45) is 5.29 Å². The molecule has 0 radical (unpaired) electrons. The molecule has 0 saturated heterocycles. The first kappa shape index (κ1) is 11.6. The molecule has 1 aliphatic heterocycles. The highest BCUT2D eigenvalue weighted by molar-refractivity contribution is 5.39. The molecule has 1 aromatic carbocycles. The summed E-state index contributed by atoms with van der Waals surface area (Å²) < 4.78 is 0. The van der Waals surface area contributed by atoms with Crippen molar-refractivity contribution in [1.82, 2.24) is 10.1 Å². The maximum Gasteiger partial charge on any atom is 0.179 e. The van der Waals surface area contributed by atoms with Gasteiger partial charge in [0.1, 0.15) is 0 Å². The van der Waals surface area contributed by atoms with E-state index in [-0.39, 0.29) is 5.54 Å². The van der Waals surface area contributed by atoms with E-state index in [4.69, 9.17) is 0 Å². The molecule has 0 aromatic heterocycles. The summed E-state index contributed by atoms with van der Waals surface area (Å²) in [6.07, 6.45) is 0. The fourth-order valence-corrected chi connectivity index (χ4v) is 2.24. The number of nitrogens with zero attached hydrogens (tertiary/aromatic N) is 4. The fraction of sp³-hybridized carbons (Fsp3) is 0.417. The molecular formula is C12H14N4O. The van der Waals surface area contributed by atoms with Crippen LogP contribution in [0.4, 0.5) is 0 Å². The van der Waals surface area contributed by atoms with E-state index in [9.17, 15) is 10.2 Å². The van der Waals surface area contributed by atoms with Crippen molar-refractivity contribution < 1.29 is 0 Å². The molecule has 5 heteroatoms. The third-order valence-electron chi connectivity index (χ3n) is 3.47. The second-order valence-corrected chi connectivity index (χ2v) is 4.60. The van der Waals surface area contributed by atoms with Crippen molar-refractivity contribution in [3.05, 3.63) is 40.3 Å². The van der Waals surface area contributed by atoms with Gasteiger partial charge in [0.15, 0.2) is 6.04 Å². The Hall–Kier alpha value is -1.93. The van der Waals surface area contributed by atoms with Crippen molar-refractivity contribution in [2.75, 3.05) is 7.05 Å². The Balaban J connectivity index is 2.67. The van der Waals surface area contributed by atoms with Gasteiger partial charge >= 0.3 is 0 Å². The average Bonchev–Trinajstić information content (AvgIpc) is 2.34. The smallest absolute Gasteiger partial charge is 0.179 e. The lowest BCUT2D eigenvalue weighted by molar-refractivity contribution is -0.112. The lowest BCUT2D eigenvalue weighted by Gasteiger charge is -2.47. The van der Waals surface area contributed by atoms with E-state index in [1.807, 2.05) is 38.1 Å². The lowest BCUT2D eigenvalue weighted by atomic mass is 9.85. The molecule has 0 N–H and O–H groups in total. The minimum Gasteiger partial charge on any atom is -0.195 e. The highest BCUT2D eigenvalue weighted by atomic mass is 16.3. The molecule has 0 amide bonds. The average molecular weight is 230 g/mol. The summed E-state index contributed by atoms with van der Waals surface area (Å²) in [6, 6.07) is 9.13. The van der Waals surface area contributed by atoms with Gasteiger partial charge in [-0.05, 0) is 25.0 Å². The van der Waals surface area contributed by atoms with Gasteiger partial charge < -0.3 is 0 Å². The Labute approximate surface area is 100 Å². The summed E-state index contributed by atoms with van der Waals surface area (Å²) in [7, 11) is 1.77. The highest BCUT2D eigenvalue weighted by Crippen LogP contribution is 2.41. The van der Waals surface area contributed by atoms with Crippen LogP contribution in [0.2, 0.25) is 0 Å². The number of fused-ring (bicyclic) bond motifs is 1. The minimum absolute atomic E-state index is 0.363. The number of hydrogen-bond donors (Lipinski definition) is 0. The number of benzene rings is 1. The lowest BCUT2D eigenvalue weighted by Crippen LogP contribution is -2.53. The van der Waals surface area contributed by atoms with Gasteiger partial charge in [-0.25, -0.2) is 0 Å². The van der Waals surface area contributed by atoms with E-state index in [1.165, 1.54) is 5.12 Å². The van der Waals surface area contributed by atoms with Gasteiger partial charge in [-0.3, -0.25) is 0 Å². The van der Waals surface area contributed by atoms with Gasteiger partial charge in [0.05, 0.1) is 16.9 Å². The van der Waals surface area contributed by atoms with Crippen LogP contribution in [-0.4, -0.2) is 17.2 Å². The summed E-state index contributed by atoms with van der Waals surface area (Å²) in [5, 5.41) is 15.1. The number of nitriles is 1. The van der Waals surface area contributed by atoms with Gasteiger partial charge in [0.25, 0.3) is 0 Å². The number of hydrazine groups is 1. The van der Waals surface area contributed by atoms with Crippen LogP contribution in [0.3, 0.4) is 0 Å². The van der Waals surface area contributed by atoms with E-state index < -0.39 is 6.04 Å². The van der Waals surface area contributed by atoms with Crippen LogP contribution in [-0.2, 0) is 5.54 Å². The third kappa shape index (κ3) is 1.49. The predicted octanol–water partition coefficient (Wildman–Crippen LogP) is 2.33. The molecule has 0 saturated carbocycles. The van der Waals surface area contributed by atoms with Crippen LogP contribution in [0, 0.1) is 16.2 Å². The summed E-state index contributed by atoms with van der Waals surface area (Å²) in [5.74, 6) is 0. The number of nitroso groups, excluding NO2 is 1. The van der Waals surface area contributed by atoms with Crippen molar-refractivity contribution in [2.45, 2.75) is 25.4 Å². The summed E-state index contributed by atoms with van der Waals surface area (Å²) in [5.41, 5.74) is 1.53. The second kappa shape index (κ2) is 3.82. The molecule has 1 aliphatic rings. The van der Waals surface area contributed by atoms with E-state index in [2.05, 4.69) is 11.4 Å². The van der Waals surface area contributed by atoms with Gasteiger partial charge in [-0.15, -0.1) is 4.91 Å². The summed E-state index contributed by atoms with van der Waals surface area (Å²) in [4.78, 5) is 10.9. The normalized spacial score (nSPS) is 22.7. The second-order valence-electron chi connectivity index (χ2n) is 4.60. The zero-order valence-electron chi connectivity index (χ0n) is 10.1. The zero-order chi connectivity index (χ0) is 12.6. The standard InChI is InChI=1S/C12H14N4O/c1-12(2)10-7-5-4-6-9(10)11(8-13)16(14-17)15(12)3/h4-7,11H,1-3H3. The van der Waals surface area contributed by atoms with Crippen molar-refractivity contribution in [1.29, 1.82) is 5.26 Å². The van der Waals surface area contributed by atoms with Gasteiger partial charge in [-0.1, -0.05) is 24.3 Å². The Morgan fingerprint density at radius 3 is 2.65 bits per heavy atom. The Bertz CT molecular complexity index is 492.